The van der Waals surface area contributed by atoms with E-state index in [0.29, 0.717) is 38.3 Å². The molecule has 222 valence electrons. The molecule has 0 bridgehead atoms. The molecular weight excluding hydrogens is 572 g/mol. The summed E-state index contributed by atoms with van der Waals surface area (Å²) in [7, 11) is 0. The van der Waals surface area contributed by atoms with Crippen molar-refractivity contribution in [1.82, 2.24) is 19.0 Å². The Kier molecular flexibility index (Phi) is 8.62. The largest absolute Gasteiger partial charge is 0.416 e. The summed E-state index contributed by atoms with van der Waals surface area (Å²) in [5.74, 6) is -1.09. The van der Waals surface area contributed by atoms with Crippen molar-refractivity contribution in [2.75, 3.05) is 31.1 Å². The van der Waals surface area contributed by atoms with Gasteiger partial charge >= 0.3 is 11.9 Å². The Morgan fingerprint density at radius 2 is 1.69 bits per heavy atom. The smallest absolute Gasteiger partial charge is 0.363 e. The summed E-state index contributed by atoms with van der Waals surface area (Å²) in [6, 6.07) is 10.8. The predicted octanol–water partition coefficient (Wildman–Crippen LogP) is 4.00. The van der Waals surface area contributed by atoms with Crippen LogP contribution in [0.4, 0.5) is 23.2 Å². The van der Waals surface area contributed by atoms with E-state index in [4.69, 9.17) is 5.73 Å². The van der Waals surface area contributed by atoms with Crippen molar-refractivity contribution in [3.05, 3.63) is 114 Å². The third-order valence-corrected chi connectivity index (χ3v) is 8.32. The van der Waals surface area contributed by atoms with Gasteiger partial charge in [0.25, 0.3) is 5.56 Å². The van der Waals surface area contributed by atoms with Gasteiger partial charge in [-0.25, -0.2) is 9.18 Å². The number of halogens is 4. The van der Waals surface area contributed by atoms with Gasteiger partial charge in [-0.1, -0.05) is 36.4 Å². The molecule has 8 nitrogen and oxygen atoms in total. The van der Waals surface area contributed by atoms with Gasteiger partial charge in [-0.15, -0.1) is 11.3 Å². The van der Waals surface area contributed by atoms with Gasteiger partial charge in [-0.2, -0.15) is 13.2 Å². The molecule has 42 heavy (non-hydrogen) atoms. The third kappa shape index (κ3) is 6.18. The molecule has 1 aliphatic heterocycles. The monoisotopic (exact) mass is 602 g/mol. The van der Waals surface area contributed by atoms with E-state index in [1.807, 2.05) is 11.1 Å². The normalized spacial score (nSPS) is 15.2. The zero-order valence-corrected chi connectivity index (χ0v) is 23.7. The Balaban J connectivity index is 1.56. The molecule has 0 aliphatic carbocycles. The molecule has 1 fully saturated rings. The molecule has 1 saturated heterocycles. The number of hydrogen-bond acceptors (Lipinski definition) is 7. The van der Waals surface area contributed by atoms with Crippen molar-refractivity contribution in [2.45, 2.75) is 38.8 Å². The molecule has 2 aromatic heterocycles. The standard InChI is InChI=1S/C29H30F4N6O2S/c1-19-26(37-12-10-36(11-13-37)15-21-14-35-18-42-21)27(40)39(17-25(34)20-6-3-2-4-7-20)28(41)38(19)16-22-23(29(31,32)33)8-5-9-24(22)30/h2-9,14,18,25H,10-13,15-17,34H2,1H3/t25-/m1/s1. The molecule has 0 saturated carbocycles. The van der Waals surface area contributed by atoms with Crippen molar-refractivity contribution in [3.8, 4) is 0 Å². The fourth-order valence-electron chi connectivity index (χ4n) is 5.31. The lowest BCUT2D eigenvalue weighted by Gasteiger charge is -2.36. The van der Waals surface area contributed by atoms with Crippen LogP contribution in [-0.2, 0) is 25.8 Å². The lowest BCUT2D eigenvalue weighted by molar-refractivity contribution is -0.138. The lowest BCUT2D eigenvalue weighted by Crippen LogP contribution is -2.51. The fourth-order valence-corrected chi connectivity index (χ4v) is 5.95. The molecule has 2 N–H and O–H groups in total. The number of anilines is 1. The number of nitrogens with two attached hydrogens (primary N) is 1. The maximum atomic E-state index is 14.9. The van der Waals surface area contributed by atoms with Crippen LogP contribution in [0.5, 0.6) is 0 Å². The average molecular weight is 603 g/mol. The van der Waals surface area contributed by atoms with E-state index in [1.165, 1.54) is 6.92 Å². The zero-order chi connectivity index (χ0) is 30.0. The van der Waals surface area contributed by atoms with Crippen LogP contribution in [0.2, 0.25) is 0 Å². The maximum Gasteiger partial charge on any atom is 0.416 e. The molecule has 3 heterocycles. The molecular formula is C29H30F4N6O2S. The lowest BCUT2D eigenvalue weighted by atomic mass is 10.1. The fraction of sp³-hybridized carbons (Fsp3) is 0.345. The van der Waals surface area contributed by atoms with Crippen LogP contribution in [0.3, 0.4) is 0 Å². The molecule has 2 aromatic carbocycles. The zero-order valence-electron chi connectivity index (χ0n) is 22.9. The SMILES string of the molecule is Cc1c(N2CCN(Cc3cncs3)CC2)c(=O)n(C[C@@H](N)c2ccccc2)c(=O)n1Cc1c(F)cccc1C(F)(F)F. The van der Waals surface area contributed by atoms with Gasteiger partial charge in [0, 0.05) is 61.1 Å². The number of nitrogens with zero attached hydrogens (tertiary/aromatic N) is 5. The first kappa shape index (κ1) is 29.7. The van der Waals surface area contributed by atoms with E-state index in [-0.39, 0.29) is 17.9 Å². The summed E-state index contributed by atoms with van der Waals surface area (Å²) in [6.45, 7) is 3.44. The Labute approximate surface area is 243 Å². The van der Waals surface area contributed by atoms with Crippen molar-refractivity contribution < 1.29 is 17.6 Å². The highest BCUT2D eigenvalue weighted by Crippen LogP contribution is 2.33. The Morgan fingerprint density at radius 1 is 0.976 bits per heavy atom. The summed E-state index contributed by atoms with van der Waals surface area (Å²) in [5, 5.41) is 0. The van der Waals surface area contributed by atoms with Crippen LogP contribution in [-0.4, -0.2) is 45.2 Å². The van der Waals surface area contributed by atoms with E-state index in [1.54, 1.807) is 47.2 Å². The number of aromatic nitrogens is 3. The van der Waals surface area contributed by atoms with Gasteiger partial charge in [0.15, 0.2) is 0 Å². The highest BCUT2D eigenvalue weighted by molar-refractivity contribution is 7.09. The summed E-state index contributed by atoms with van der Waals surface area (Å²) in [4.78, 5) is 36.9. The van der Waals surface area contributed by atoms with Crippen molar-refractivity contribution in [1.29, 1.82) is 0 Å². The second-order valence-corrected chi connectivity index (χ2v) is 11.2. The molecule has 0 spiro atoms. The van der Waals surface area contributed by atoms with Crippen molar-refractivity contribution in [3.63, 3.8) is 0 Å². The Bertz CT molecular complexity index is 1650. The van der Waals surface area contributed by atoms with E-state index in [0.717, 1.165) is 32.2 Å². The van der Waals surface area contributed by atoms with Crippen LogP contribution in [0.1, 0.15) is 33.3 Å². The van der Waals surface area contributed by atoms with Gasteiger partial charge < -0.3 is 10.6 Å². The van der Waals surface area contributed by atoms with Crippen molar-refractivity contribution >= 4 is 17.0 Å². The average Bonchev–Trinajstić information content (AvgIpc) is 3.48. The number of thiazole rings is 1. The summed E-state index contributed by atoms with van der Waals surface area (Å²) in [5.41, 5.74) is 5.90. The summed E-state index contributed by atoms with van der Waals surface area (Å²) >= 11 is 1.55. The van der Waals surface area contributed by atoms with E-state index >= 15 is 0 Å². The number of rotatable bonds is 8. The van der Waals surface area contributed by atoms with E-state index < -0.39 is 47.0 Å². The third-order valence-electron chi connectivity index (χ3n) is 7.56. The molecule has 1 aliphatic rings. The van der Waals surface area contributed by atoms with E-state index in [9.17, 15) is 27.2 Å². The minimum Gasteiger partial charge on any atom is -0.363 e. The molecule has 13 heteroatoms. The van der Waals surface area contributed by atoms with Gasteiger partial charge in [0.1, 0.15) is 11.5 Å². The van der Waals surface area contributed by atoms with E-state index in [2.05, 4.69) is 9.88 Å². The molecule has 0 amide bonds. The molecule has 5 rings (SSSR count). The first-order valence-electron chi connectivity index (χ1n) is 13.4. The minimum absolute atomic E-state index is 0.168. The van der Waals surface area contributed by atoms with Crippen LogP contribution >= 0.6 is 11.3 Å². The second kappa shape index (κ2) is 12.2. The first-order chi connectivity index (χ1) is 20.0. The van der Waals surface area contributed by atoms with Crippen molar-refractivity contribution in [2.24, 2.45) is 5.73 Å². The molecule has 0 radical (unpaired) electrons. The van der Waals surface area contributed by atoms with Crippen LogP contribution in [0, 0.1) is 12.7 Å². The first-order valence-corrected chi connectivity index (χ1v) is 14.3. The van der Waals surface area contributed by atoms with Crippen LogP contribution in [0.25, 0.3) is 0 Å². The summed E-state index contributed by atoms with van der Waals surface area (Å²) in [6.07, 6.45) is -3.03. The quantitative estimate of drug-likeness (QED) is 0.307. The number of hydrogen-bond donors (Lipinski definition) is 1. The van der Waals surface area contributed by atoms with Gasteiger partial charge in [0.05, 0.1) is 24.2 Å². The second-order valence-electron chi connectivity index (χ2n) is 10.2. The summed E-state index contributed by atoms with van der Waals surface area (Å²) < 4.78 is 58.4. The topological polar surface area (TPSA) is 89.4 Å². The number of benzene rings is 2. The predicted molar refractivity (Wildman–Crippen MR) is 153 cm³/mol. The molecule has 0 unspecified atom stereocenters. The minimum atomic E-state index is -4.84. The Hall–Kier alpha value is -3.81. The number of alkyl halides is 3. The highest BCUT2D eigenvalue weighted by atomic mass is 32.1. The van der Waals surface area contributed by atoms with Crippen LogP contribution in [0.15, 0.2) is 69.8 Å². The van der Waals surface area contributed by atoms with Crippen LogP contribution < -0.4 is 21.9 Å². The van der Waals surface area contributed by atoms with Gasteiger partial charge in [0.2, 0.25) is 0 Å². The number of piperazine rings is 1. The van der Waals surface area contributed by atoms with Gasteiger partial charge in [-0.05, 0) is 24.6 Å². The van der Waals surface area contributed by atoms with Gasteiger partial charge in [-0.3, -0.25) is 23.8 Å². The molecule has 4 aromatic rings. The molecule has 1 atom stereocenters. The maximum absolute atomic E-state index is 14.9. The Morgan fingerprint density at radius 3 is 2.33 bits per heavy atom. The highest BCUT2D eigenvalue weighted by Gasteiger charge is 2.35.